The summed E-state index contributed by atoms with van der Waals surface area (Å²) in [7, 11) is 0. The highest BCUT2D eigenvalue weighted by atomic mass is 16.1. The van der Waals surface area contributed by atoms with Crippen molar-refractivity contribution in [3.8, 4) is 17.2 Å². The first-order chi connectivity index (χ1) is 8.27. The van der Waals surface area contributed by atoms with Crippen LogP contribution in [0.5, 0.6) is 0 Å². The molecule has 0 spiro atoms. The van der Waals surface area contributed by atoms with Crippen LogP contribution in [-0.2, 0) is 6.42 Å². The quantitative estimate of drug-likeness (QED) is 0.851. The molecule has 2 rings (SSSR count). The van der Waals surface area contributed by atoms with Gasteiger partial charge < -0.3 is 4.98 Å². The summed E-state index contributed by atoms with van der Waals surface area (Å²) in [5.41, 5.74) is 2.63. The van der Waals surface area contributed by atoms with Crippen LogP contribution < -0.4 is 5.56 Å². The SMILES string of the molecule is CCc1ccccc1-c1cc[nH]c(=O)c1C#N. The van der Waals surface area contributed by atoms with E-state index in [4.69, 9.17) is 5.26 Å². The number of aromatic amines is 1. The summed E-state index contributed by atoms with van der Waals surface area (Å²) in [4.78, 5) is 14.1. The highest BCUT2D eigenvalue weighted by Gasteiger charge is 2.10. The van der Waals surface area contributed by atoms with Gasteiger partial charge in [-0.05, 0) is 23.6 Å². The topological polar surface area (TPSA) is 56.6 Å². The largest absolute Gasteiger partial charge is 0.328 e. The van der Waals surface area contributed by atoms with Gasteiger partial charge in [-0.3, -0.25) is 4.79 Å². The molecule has 0 aliphatic carbocycles. The summed E-state index contributed by atoms with van der Waals surface area (Å²) >= 11 is 0. The molecule has 0 radical (unpaired) electrons. The highest BCUT2D eigenvalue weighted by molar-refractivity contribution is 5.72. The second-order valence-corrected chi connectivity index (χ2v) is 3.72. The predicted octanol–water partition coefficient (Wildman–Crippen LogP) is 2.48. The summed E-state index contributed by atoms with van der Waals surface area (Å²) in [6.45, 7) is 2.05. The lowest BCUT2D eigenvalue weighted by Crippen LogP contribution is -2.10. The molecule has 2 aromatic rings. The van der Waals surface area contributed by atoms with E-state index in [-0.39, 0.29) is 11.1 Å². The van der Waals surface area contributed by atoms with Crippen molar-refractivity contribution >= 4 is 0 Å². The Balaban J connectivity index is 2.74. The Morgan fingerprint density at radius 2 is 2.00 bits per heavy atom. The molecule has 0 saturated heterocycles. The number of nitriles is 1. The Morgan fingerprint density at radius 1 is 1.24 bits per heavy atom. The minimum absolute atomic E-state index is 0.174. The number of hydrogen-bond acceptors (Lipinski definition) is 2. The number of benzene rings is 1. The number of pyridine rings is 1. The molecule has 17 heavy (non-hydrogen) atoms. The van der Waals surface area contributed by atoms with Crippen molar-refractivity contribution in [3.05, 3.63) is 58.0 Å². The number of aryl methyl sites for hydroxylation is 1. The molecular formula is C14H12N2O. The zero-order chi connectivity index (χ0) is 12.3. The molecule has 1 aromatic carbocycles. The molecule has 0 aliphatic rings. The van der Waals surface area contributed by atoms with E-state index in [9.17, 15) is 4.79 Å². The normalized spacial score (nSPS) is 9.88. The van der Waals surface area contributed by atoms with E-state index >= 15 is 0 Å². The lowest BCUT2D eigenvalue weighted by Gasteiger charge is -2.08. The first kappa shape index (κ1) is 11.2. The van der Waals surface area contributed by atoms with E-state index in [0.717, 1.165) is 17.5 Å². The van der Waals surface area contributed by atoms with Crippen molar-refractivity contribution in [2.75, 3.05) is 0 Å². The van der Waals surface area contributed by atoms with E-state index in [0.29, 0.717) is 5.56 Å². The van der Waals surface area contributed by atoms with Gasteiger partial charge in [-0.2, -0.15) is 5.26 Å². The zero-order valence-corrected chi connectivity index (χ0v) is 9.53. The molecule has 84 valence electrons. The van der Waals surface area contributed by atoms with E-state index < -0.39 is 0 Å². The number of rotatable bonds is 2. The van der Waals surface area contributed by atoms with Gasteiger partial charge in [0, 0.05) is 11.8 Å². The fourth-order valence-corrected chi connectivity index (χ4v) is 1.91. The summed E-state index contributed by atoms with van der Waals surface area (Å²) < 4.78 is 0. The van der Waals surface area contributed by atoms with Crippen LogP contribution in [0, 0.1) is 11.3 Å². The van der Waals surface area contributed by atoms with Crippen LogP contribution >= 0.6 is 0 Å². The minimum Gasteiger partial charge on any atom is -0.328 e. The number of nitrogens with one attached hydrogen (secondary N) is 1. The van der Waals surface area contributed by atoms with Crippen molar-refractivity contribution in [1.29, 1.82) is 5.26 Å². The maximum atomic E-state index is 11.6. The molecule has 3 heteroatoms. The van der Waals surface area contributed by atoms with Crippen molar-refractivity contribution in [2.24, 2.45) is 0 Å². The number of H-pyrrole nitrogens is 1. The van der Waals surface area contributed by atoms with Gasteiger partial charge in [-0.25, -0.2) is 0 Å². The second-order valence-electron chi connectivity index (χ2n) is 3.72. The number of nitrogens with zero attached hydrogens (tertiary/aromatic N) is 1. The van der Waals surface area contributed by atoms with Crippen LogP contribution in [0.4, 0.5) is 0 Å². The second kappa shape index (κ2) is 4.67. The predicted molar refractivity (Wildman–Crippen MR) is 66.6 cm³/mol. The van der Waals surface area contributed by atoms with Crippen LogP contribution in [-0.4, -0.2) is 4.98 Å². The third-order valence-electron chi connectivity index (χ3n) is 2.76. The van der Waals surface area contributed by atoms with E-state index in [2.05, 4.69) is 11.9 Å². The lowest BCUT2D eigenvalue weighted by atomic mass is 9.96. The van der Waals surface area contributed by atoms with E-state index in [1.165, 1.54) is 0 Å². The Labute approximate surface area is 99.4 Å². The average Bonchev–Trinajstić information content (AvgIpc) is 2.38. The molecular weight excluding hydrogens is 212 g/mol. The molecule has 3 nitrogen and oxygen atoms in total. The fourth-order valence-electron chi connectivity index (χ4n) is 1.91. The summed E-state index contributed by atoms with van der Waals surface area (Å²) in [5.74, 6) is 0. The molecule has 1 aromatic heterocycles. The Hall–Kier alpha value is -2.34. The molecule has 0 unspecified atom stereocenters. The Kier molecular flexibility index (Phi) is 3.06. The lowest BCUT2D eigenvalue weighted by molar-refractivity contribution is 1.14. The minimum atomic E-state index is -0.337. The third-order valence-corrected chi connectivity index (χ3v) is 2.76. The highest BCUT2D eigenvalue weighted by Crippen LogP contribution is 2.25. The monoisotopic (exact) mass is 224 g/mol. The molecule has 1 N–H and O–H groups in total. The summed E-state index contributed by atoms with van der Waals surface area (Å²) in [5, 5.41) is 9.05. The first-order valence-corrected chi connectivity index (χ1v) is 5.48. The maximum absolute atomic E-state index is 11.6. The zero-order valence-electron chi connectivity index (χ0n) is 9.53. The number of hydrogen-bond donors (Lipinski definition) is 1. The first-order valence-electron chi connectivity index (χ1n) is 5.48. The van der Waals surface area contributed by atoms with E-state index in [1.807, 2.05) is 30.3 Å². The van der Waals surface area contributed by atoms with Gasteiger partial charge in [-0.15, -0.1) is 0 Å². The summed E-state index contributed by atoms with van der Waals surface area (Å²) in [6, 6.07) is 11.6. The van der Waals surface area contributed by atoms with Crippen LogP contribution in [0.25, 0.3) is 11.1 Å². The van der Waals surface area contributed by atoms with Crippen LogP contribution in [0.3, 0.4) is 0 Å². The van der Waals surface area contributed by atoms with Crippen molar-refractivity contribution in [1.82, 2.24) is 4.98 Å². The van der Waals surface area contributed by atoms with Gasteiger partial charge in [0.05, 0.1) is 0 Å². The fraction of sp³-hybridized carbons (Fsp3) is 0.143. The average molecular weight is 224 g/mol. The number of aromatic nitrogens is 1. The van der Waals surface area contributed by atoms with Crippen molar-refractivity contribution in [3.63, 3.8) is 0 Å². The third kappa shape index (κ3) is 1.98. The smallest absolute Gasteiger partial charge is 0.266 e. The molecule has 0 fully saturated rings. The Morgan fingerprint density at radius 3 is 2.71 bits per heavy atom. The van der Waals surface area contributed by atoms with Crippen LogP contribution in [0.1, 0.15) is 18.1 Å². The summed E-state index contributed by atoms with van der Waals surface area (Å²) in [6.07, 6.45) is 2.44. The van der Waals surface area contributed by atoms with Gasteiger partial charge in [0.15, 0.2) is 0 Å². The molecule has 0 atom stereocenters. The van der Waals surface area contributed by atoms with Gasteiger partial charge in [-0.1, -0.05) is 31.2 Å². The van der Waals surface area contributed by atoms with E-state index in [1.54, 1.807) is 12.3 Å². The van der Waals surface area contributed by atoms with Crippen LogP contribution in [0.2, 0.25) is 0 Å². The molecule has 0 aliphatic heterocycles. The molecule has 0 bridgehead atoms. The van der Waals surface area contributed by atoms with Crippen LogP contribution in [0.15, 0.2) is 41.3 Å². The molecule has 1 heterocycles. The van der Waals surface area contributed by atoms with Gasteiger partial charge in [0.2, 0.25) is 0 Å². The van der Waals surface area contributed by atoms with Gasteiger partial charge in [0.1, 0.15) is 11.6 Å². The molecule has 0 amide bonds. The standard InChI is InChI=1S/C14H12N2O/c1-2-10-5-3-4-6-11(10)12-7-8-16-14(17)13(12)9-15/h3-8H,2H2,1H3,(H,16,17). The maximum Gasteiger partial charge on any atom is 0.266 e. The van der Waals surface area contributed by atoms with Crippen molar-refractivity contribution < 1.29 is 0 Å². The van der Waals surface area contributed by atoms with Crippen molar-refractivity contribution in [2.45, 2.75) is 13.3 Å². The van der Waals surface area contributed by atoms with Gasteiger partial charge in [0.25, 0.3) is 5.56 Å². The van der Waals surface area contributed by atoms with Gasteiger partial charge >= 0.3 is 0 Å². The molecule has 0 saturated carbocycles. The Bertz CT molecular complexity index is 635.